The van der Waals surface area contributed by atoms with Crippen LogP contribution in [0.2, 0.25) is 0 Å². The Labute approximate surface area is 178 Å². The SMILES string of the molecule is CCN1CCC(c2ccc(-c3cc4ncn(C)c(=O)c4c(NC(C)C)n3)cc2)CC1. The molecule has 0 atom stereocenters. The third kappa shape index (κ3) is 4.10. The number of pyridine rings is 1. The van der Waals surface area contributed by atoms with Gasteiger partial charge in [0.2, 0.25) is 0 Å². The molecule has 0 amide bonds. The maximum atomic E-state index is 12.7. The molecule has 30 heavy (non-hydrogen) atoms. The molecule has 0 bridgehead atoms. The Balaban J connectivity index is 1.67. The molecule has 1 aliphatic rings. The summed E-state index contributed by atoms with van der Waals surface area (Å²) in [6.07, 6.45) is 4.01. The van der Waals surface area contributed by atoms with Crippen molar-refractivity contribution in [2.75, 3.05) is 25.0 Å². The first-order valence-corrected chi connectivity index (χ1v) is 10.9. The number of nitrogens with one attached hydrogen (secondary N) is 1. The standard InChI is InChI=1S/C24H31N5O/c1-5-29-12-10-18(11-13-29)17-6-8-19(9-7-17)20-14-21-22(23(27-20)26-16(2)3)24(30)28(4)15-25-21/h6-9,14-16,18H,5,10-13H2,1-4H3,(H,26,27). The Morgan fingerprint density at radius 3 is 2.50 bits per heavy atom. The lowest BCUT2D eigenvalue weighted by Gasteiger charge is -2.31. The van der Waals surface area contributed by atoms with Crippen LogP contribution in [-0.2, 0) is 7.05 Å². The van der Waals surface area contributed by atoms with E-state index in [4.69, 9.17) is 4.98 Å². The Hall–Kier alpha value is -2.73. The predicted molar refractivity (Wildman–Crippen MR) is 123 cm³/mol. The summed E-state index contributed by atoms with van der Waals surface area (Å²) < 4.78 is 1.49. The van der Waals surface area contributed by atoms with Crippen molar-refractivity contribution in [2.45, 2.75) is 45.6 Å². The van der Waals surface area contributed by atoms with E-state index in [1.165, 1.54) is 36.1 Å². The number of piperidine rings is 1. The molecule has 1 N–H and O–H groups in total. The summed E-state index contributed by atoms with van der Waals surface area (Å²) in [5.41, 5.74) is 3.86. The summed E-state index contributed by atoms with van der Waals surface area (Å²) in [6, 6.07) is 10.8. The van der Waals surface area contributed by atoms with Gasteiger partial charge in [-0.3, -0.25) is 4.79 Å². The summed E-state index contributed by atoms with van der Waals surface area (Å²) in [6.45, 7) is 9.82. The summed E-state index contributed by atoms with van der Waals surface area (Å²) in [7, 11) is 1.71. The van der Waals surface area contributed by atoms with Crippen molar-refractivity contribution in [3.63, 3.8) is 0 Å². The van der Waals surface area contributed by atoms with Crippen LogP contribution in [-0.4, -0.2) is 45.1 Å². The van der Waals surface area contributed by atoms with Crippen LogP contribution >= 0.6 is 0 Å². The van der Waals surface area contributed by atoms with E-state index in [1.54, 1.807) is 13.4 Å². The first-order valence-electron chi connectivity index (χ1n) is 10.9. The van der Waals surface area contributed by atoms with Crippen molar-refractivity contribution in [1.82, 2.24) is 19.4 Å². The van der Waals surface area contributed by atoms with Crippen LogP contribution in [0.4, 0.5) is 5.82 Å². The van der Waals surface area contributed by atoms with Gasteiger partial charge >= 0.3 is 0 Å². The molecule has 1 aromatic carbocycles. The Morgan fingerprint density at radius 2 is 1.87 bits per heavy atom. The van der Waals surface area contributed by atoms with Crippen LogP contribution in [0.1, 0.15) is 45.1 Å². The number of benzene rings is 1. The molecular formula is C24H31N5O. The van der Waals surface area contributed by atoms with Crippen LogP contribution in [0.5, 0.6) is 0 Å². The first-order chi connectivity index (χ1) is 14.5. The average Bonchev–Trinajstić information content (AvgIpc) is 2.76. The number of rotatable bonds is 5. The fraction of sp³-hybridized carbons (Fsp3) is 0.458. The fourth-order valence-corrected chi connectivity index (χ4v) is 4.26. The molecule has 3 aromatic rings. The zero-order valence-corrected chi connectivity index (χ0v) is 18.4. The van der Waals surface area contributed by atoms with Gasteiger partial charge in [0.25, 0.3) is 5.56 Å². The molecule has 6 nitrogen and oxygen atoms in total. The van der Waals surface area contributed by atoms with Gasteiger partial charge in [0.1, 0.15) is 11.2 Å². The quantitative estimate of drug-likeness (QED) is 0.695. The van der Waals surface area contributed by atoms with Gasteiger partial charge in [0.15, 0.2) is 0 Å². The van der Waals surface area contributed by atoms with Crippen molar-refractivity contribution in [3.8, 4) is 11.3 Å². The molecule has 2 aromatic heterocycles. The minimum atomic E-state index is -0.0871. The first kappa shape index (κ1) is 20.5. The second kappa shape index (κ2) is 8.56. The largest absolute Gasteiger partial charge is 0.367 e. The highest BCUT2D eigenvalue weighted by Gasteiger charge is 2.20. The highest BCUT2D eigenvalue weighted by molar-refractivity contribution is 5.91. The molecule has 6 heteroatoms. The molecule has 158 valence electrons. The smallest absolute Gasteiger partial charge is 0.264 e. The van der Waals surface area contributed by atoms with E-state index in [9.17, 15) is 4.79 Å². The van der Waals surface area contributed by atoms with E-state index >= 15 is 0 Å². The van der Waals surface area contributed by atoms with E-state index in [0.717, 1.165) is 17.8 Å². The van der Waals surface area contributed by atoms with Gasteiger partial charge in [-0.05, 0) is 63.9 Å². The van der Waals surface area contributed by atoms with Crippen LogP contribution in [0.15, 0.2) is 41.5 Å². The predicted octanol–water partition coefficient (Wildman–Crippen LogP) is 4.02. The van der Waals surface area contributed by atoms with E-state index < -0.39 is 0 Å². The fourth-order valence-electron chi connectivity index (χ4n) is 4.26. The average molecular weight is 406 g/mol. The summed E-state index contributed by atoms with van der Waals surface area (Å²) in [5, 5.41) is 3.87. The van der Waals surface area contributed by atoms with Crippen molar-refractivity contribution in [2.24, 2.45) is 7.05 Å². The lowest BCUT2D eigenvalue weighted by molar-refractivity contribution is 0.222. The van der Waals surface area contributed by atoms with Gasteiger partial charge in [0, 0.05) is 18.7 Å². The number of nitrogens with zero attached hydrogens (tertiary/aromatic N) is 4. The van der Waals surface area contributed by atoms with Crippen molar-refractivity contribution >= 4 is 16.7 Å². The number of likely N-dealkylation sites (tertiary alicyclic amines) is 1. The zero-order valence-electron chi connectivity index (χ0n) is 18.4. The van der Waals surface area contributed by atoms with Crippen molar-refractivity contribution < 1.29 is 0 Å². The van der Waals surface area contributed by atoms with Gasteiger partial charge in [-0.2, -0.15) is 0 Å². The number of aryl methyl sites for hydroxylation is 1. The Kier molecular flexibility index (Phi) is 5.86. The van der Waals surface area contributed by atoms with Gasteiger partial charge < -0.3 is 14.8 Å². The van der Waals surface area contributed by atoms with Gasteiger partial charge in [-0.15, -0.1) is 0 Å². The number of fused-ring (bicyclic) bond motifs is 1. The monoisotopic (exact) mass is 405 g/mol. The molecule has 1 fully saturated rings. The summed E-state index contributed by atoms with van der Waals surface area (Å²) in [5.74, 6) is 1.23. The van der Waals surface area contributed by atoms with Crippen LogP contribution in [0, 0.1) is 0 Å². The van der Waals surface area contributed by atoms with E-state index in [1.807, 2.05) is 19.9 Å². The molecule has 1 saturated heterocycles. The highest BCUT2D eigenvalue weighted by Crippen LogP contribution is 2.30. The van der Waals surface area contributed by atoms with Crippen LogP contribution < -0.4 is 10.9 Å². The molecule has 0 unspecified atom stereocenters. The molecule has 0 aliphatic carbocycles. The molecule has 0 saturated carbocycles. The lowest BCUT2D eigenvalue weighted by atomic mass is 9.89. The summed E-state index contributed by atoms with van der Waals surface area (Å²) >= 11 is 0. The third-order valence-electron chi connectivity index (χ3n) is 6.04. The molecule has 0 spiro atoms. The lowest BCUT2D eigenvalue weighted by Crippen LogP contribution is -2.32. The topological polar surface area (TPSA) is 63.1 Å². The van der Waals surface area contributed by atoms with Crippen molar-refractivity contribution in [3.05, 3.63) is 52.6 Å². The van der Waals surface area contributed by atoms with Crippen LogP contribution in [0.3, 0.4) is 0 Å². The van der Waals surface area contributed by atoms with E-state index in [0.29, 0.717) is 22.6 Å². The zero-order chi connectivity index (χ0) is 21.3. The van der Waals surface area contributed by atoms with Gasteiger partial charge in [-0.25, -0.2) is 9.97 Å². The molecular weight excluding hydrogens is 374 g/mol. The Morgan fingerprint density at radius 1 is 1.17 bits per heavy atom. The molecule has 0 radical (unpaired) electrons. The van der Waals surface area contributed by atoms with Crippen molar-refractivity contribution in [1.29, 1.82) is 0 Å². The highest BCUT2D eigenvalue weighted by atomic mass is 16.1. The number of hydrogen-bond donors (Lipinski definition) is 1. The second-order valence-corrected chi connectivity index (χ2v) is 8.54. The number of aromatic nitrogens is 3. The maximum absolute atomic E-state index is 12.7. The number of hydrogen-bond acceptors (Lipinski definition) is 5. The van der Waals surface area contributed by atoms with Crippen LogP contribution in [0.25, 0.3) is 22.2 Å². The molecule has 1 aliphatic heterocycles. The minimum absolute atomic E-state index is 0.0871. The minimum Gasteiger partial charge on any atom is -0.367 e. The normalized spacial score (nSPS) is 15.8. The third-order valence-corrected chi connectivity index (χ3v) is 6.04. The van der Waals surface area contributed by atoms with Gasteiger partial charge in [0.05, 0.1) is 17.5 Å². The summed E-state index contributed by atoms with van der Waals surface area (Å²) in [4.78, 5) is 24.5. The maximum Gasteiger partial charge on any atom is 0.264 e. The number of anilines is 1. The Bertz CT molecular complexity index is 1080. The second-order valence-electron chi connectivity index (χ2n) is 8.54. The molecule has 3 heterocycles. The van der Waals surface area contributed by atoms with E-state index in [-0.39, 0.29) is 11.6 Å². The van der Waals surface area contributed by atoms with E-state index in [2.05, 4.69) is 46.4 Å². The van der Waals surface area contributed by atoms with Gasteiger partial charge in [-0.1, -0.05) is 31.2 Å². The molecule has 4 rings (SSSR count).